The van der Waals surface area contributed by atoms with Crippen LogP contribution in [0, 0.1) is 0 Å². The first-order valence-corrected chi connectivity index (χ1v) is 1.62. The standard InChI is InChI=1S/C3H9N.2ClH.H3N/c1-2-3-4;;;/h2-4H2,1H3;2*1H;1H3. The minimum Gasteiger partial charge on any atom is -0.344 e. The van der Waals surface area contributed by atoms with E-state index in [-0.39, 0.29) is 31.0 Å². The Kier molecular flexibility index (Phi) is 116. The van der Waals surface area contributed by atoms with Crippen LogP contribution in [0.15, 0.2) is 0 Å². The van der Waals surface area contributed by atoms with Crippen molar-refractivity contribution in [3.8, 4) is 0 Å². The number of hydrogen-bond acceptors (Lipinski definition) is 2. The summed E-state index contributed by atoms with van der Waals surface area (Å²) >= 11 is 0. The van der Waals surface area contributed by atoms with E-state index in [1.54, 1.807) is 0 Å². The molecule has 0 aliphatic heterocycles. The average molecular weight is 149 g/mol. The molecule has 7 heavy (non-hydrogen) atoms. The topological polar surface area (TPSA) is 61.0 Å². The highest BCUT2D eigenvalue weighted by molar-refractivity contribution is 5.85. The first-order chi connectivity index (χ1) is 1.91. The molecule has 0 aromatic heterocycles. The van der Waals surface area contributed by atoms with Crippen molar-refractivity contribution >= 4 is 24.8 Å². The Morgan fingerprint density at radius 3 is 1.43 bits per heavy atom. The van der Waals surface area contributed by atoms with Gasteiger partial charge in [0, 0.05) is 0 Å². The maximum atomic E-state index is 5.03. The molecule has 5 N–H and O–H groups in total. The summed E-state index contributed by atoms with van der Waals surface area (Å²) in [4.78, 5) is 0. The Balaban J connectivity index is -0.0000000150. The van der Waals surface area contributed by atoms with E-state index in [0.717, 1.165) is 13.0 Å². The Labute approximate surface area is 57.3 Å². The molecule has 0 saturated carbocycles. The highest BCUT2D eigenvalue weighted by atomic mass is 35.5. The van der Waals surface area contributed by atoms with E-state index in [9.17, 15) is 0 Å². The van der Waals surface area contributed by atoms with Crippen LogP contribution in [0.3, 0.4) is 0 Å². The maximum absolute atomic E-state index is 5.03. The van der Waals surface area contributed by atoms with Crippen molar-refractivity contribution in [2.75, 3.05) is 6.54 Å². The van der Waals surface area contributed by atoms with Crippen molar-refractivity contribution < 1.29 is 0 Å². The summed E-state index contributed by atoms with van der Waals surface area (Å²) in [6, 6.07) is 0. The molecule has 0 bridgehead atoms. The second-order valence-electron chi connectivity index (χ2n) is 0.789. The zero-order valence-corrected chi connectivity index (χ0v) is 6.15. The second kappa shape index (κ2) is 31.5. The molecular weight excluding hydrogens is 135 g/mol. The molecule has 0 aliphatic rings. The minimum absolute atomic E-state index is 0. The molecule has 0 saturated heterocycles. The van der Waals surface area contributed by atoms with Crippen LogP contribution in [-0.2, 0) is 0 Å². The van der Waals surface area contributed by atoms with Crippen LogP contribution in [-0.4, -0.2) is 6.54 Å². The Hall–Kier alpha value is 0.500. The van der Waals surface area contributed by atoms with E-state index < -0.39 is 0 Å². The van der Waals surface area contributed by atoms with Crippen molar-refractivity contribution in [3.05, 3.63) is 0 Å². The third-order valence-electron chi connectivity index (χ3n) is 0.289. The first kappa shape index (κ1) is 25.9. The predicted molar refractivity (Wildman–Crippen MR) is 38.9 cm³/mol. The molecular formula is C3H14Cl2N2. The zero-order valence-electron chi connectivity index (χ0n) is 4.52. The van der Waals surface area contributed by atoms with Gasteiger partial charge in [-0.25, -0.2) is 0 Å². The summed E-state index contributed by atoms with van der Waals surface area (Å²) in [7, 11) is 0. The van der Waals surface area contributed by atoms with Crippen molar-refractivity contribution in [3.63, 3.8) is 0 Å². The third kappa shape index (κ3) is 58.5. The van der Waals surface area contributed by atoms with Gasteiger partial charge in [0.15, 0.2) is 0 Å². The Bertz CT molecular complexity index is 12.9. The van der Waals surface area contributed by atoms with Gasteiger partial charge in [0.2, 0.25) is 0 Å². The fraction of sp³-hybridized carbons (Fsp3) is 1.00. The number of halogens is 2. The Morgan fingerprint density at radius 1 is 1.29 bits per heavy atom. The predicted octanol–water partition coefficient (Wildman–Crippen LogP) is 1.36. The van der Waals surface area contributed by atoms with E-state index in [2.05, 4.69) is 6.92 Å². The molecule has 0 spiro atoms. The monoisotopic (exact) mass is 148 g/mol. The van der Waals surface area contributed by atoms with Gasteiger partial charge in [-0.1, -0.05) is 6.92 Å². The smallest absolute Gasteiger partial charge is 0.00799 e. The molecule has 0 aromatic rings. The molecule has 0 aromatic carbocycles. The van der Waals surface area contributed by atoms with E-state index >= 15 is 0 Å². The van der Waals surface area contributed by atoms with E-state index in [1.807, 2.05) is 0 Å². The lowest BCUT2D eigenvalue weighted by Gasteiger charge is -1.70. The zero-order chi connectivity index (χ0) is 3.41. The molecule has 0 amide bonds. The van der Waals surface area contributed by atoms with Crippen LogP contribution >= 0.6 is 24.8 Å². The summed E-state index contributed by atoms with van der Waals surface area (Å²) in [5.41, 5.74) is 5.03. The van der Waals surface area contributed by atoms with E-state index in [1.165, 1.54) is 0 Å². The lowest BCUT2D eigenvalue weighted by Crippen LogP contribution is -1.93. The second-order valence-corrected chi connectivity index (χ2v) is 0.789. The SMILES string of the molecule is CCCN.Cl.Cl.N. The van der Waals surface area contributed by atoms with Gasteiger partial charge in [-0.05, 0) is 13.0 Å². The summed E-state index contributed by atoms with van der Waals surface area (Å²) in [6.45, 7) is 2.88. The molecule has 0 heterocycles. The quantitative estimate of drug-likeness (QED) is 0.591. The molecule has 0 rings (SSSR count). The minimum atomic E-state index is 0. The van der Waals surface area contributed by atoms with Gasteiger partial charge < -0.3 is 11.9 Å². The van der Waals surface area contributed by atoms with Crippen molar-refractivity contribution in [2.45, 2.75) is 13.3 Å². The largest absolute Gasteiger partial charge is 0.344 e. The first-order valence-electron chi connectivity index (χ1n) is 1.62. The molecule has 50 valence electrons. The number of rotatable bonds is 1. The average Bonchev–Trinajstić information content (AvgIpc) is 1.37. The normalized spacial score (nSPS) is 4.29. The molecule has 0 fully saturated rings. The number of nitrogens with two attached hydrogens (primary N) is 1. The van der Waals surface area contributed by atoms with Crippen molar-refractivity contribution in [2.24, 2.45) is 5.73 Å². The molecule has 2 nitrogen and oxygen atoms in total. The molecule has 0 aliphatic carbocycles. The van der Waals surface area contributed by atoms with Crippen LogP contribution < -0.4 is 11.9 Å². The fourth-order valence-electron chi connectivity index (χ4n) is 0. The number of hydrogen-bond donors (Lipinski definition) is 2. The third-order valence-corrected chi connectivity index (χ3v) is 0.289. The van der Waals surface area contributed by atoms with Gasteiger partial charge in [-0.15, -0.1) is 24.8 Å². The molecule has 0 atom stereocenters. The summed E-state index contributed by atoms with van der Waals surface area (Å²) < 4.78 is 0. The van der Waals surface area contributed by atoms with E-state index in [0.29, 0.717) is 0 Å². The van der Waals surface area contributed by atoms with Crippen molar-refractivity contribution in [1.29, 1.82) is 0 Å². The van der Waals surface area contributed by atoms with Crippen molar-refractivity contribution in [1.82, 2.24) is 6.15 Å². The lowest BCUT2D eigenvalue weighted by molar-refractivity contribution is 0.932. The fourth-order valence-corrected chi connectivity index (χ4v) is 0. The molecule has 0 radical (unpaired) electrons. The summed E-state index contributed by atoms with van der Waals surface area (Å²) in [5.74, 6) is 0. The van der Waals surface area contributed by atoms with Gasteiger partial charge in [0.25, 0.3) is 0 Å². The van der Waals surface area contributed by atoms with Gasteiger partial charge in [0.1, 0.15) is 0 Å². The maximum Gasteiger partial charge on any atom is -0.00799 e. The lowest BCUT2D eigenvalue weighted by atomic mass is 10.5. The highest BCUT2D eigenvalue weighted by Gasteiger charge is 1.55. The van der Waals surface area contributed by atoms with Crippen LogP contribution in [0.5, 0.6) is 0 Å². The van der Waals surface area contributed by atoms with Crippen LogP contribution in [0.4, 0.5) is 0 Å². The van der Waals surface area contributed by atoms with Crippen LogP contribution in [0.1, 0.15) is 13.3 Å². The van der Waals surface area contributed by atoms with E-state index in [4.69, 9.17) is 5.73 Å². The summed E-state index contributed by atoms with van der Waals surface area (Å²) in [6.07, 6.45) is 1.10. The van der Waals surface area contributed by atoms with Gasteiger partial charge in [-0.2, -0.15) is 0 Å². The van der Waals surface area contributed by atoms with Gasteiger partial charge >= 0.3 is 0 Å². The highest BCUT2D eigenvalue weighted by Crippen LogP contribution is 1.57. The van der Waals surface area contributed by atoms with Gasteiger partial charge in [0.05, 0.1) is 0 Å². The Morgan fingerprint density at radius 2 is 1.43 bits per heavy atom. The summed E-state index contributed by atoms with van der Waals surface area (Å²) in [5, 5.41) is 0. The van der Waals surface area contributed by atoms with Gasteiger partial charge in [-0.3, -0.25) is 0 Å². The molecule has 0 unspecified atom stereocenters. The van der Waals surface area contributed by atoms with Crippen LogP contribution in [0.2, 0.25) is 0 Å². The van der Waals surface area contributed by atoms with Crippen LogP contribution in [0.25, 0.3) is 0 Å². The molecule has 4 heteroatoms.